The summed E-state index contributed by atoms with van der Waals surface area (Å²) in [5, 5.41) is 0. The van der Waals surface area contributed by atoms with Gasteiger partial charge in [0.1, 0.15) is 0 Å². The Morgan fingerprint density at radius 2 is 1.29 bits per heavy atom. The summed E-state index contributed by atoms with van der Waals surface area (Å²) < 4.78 is 3.27. The number of hydrogen-bond donors (Lipinski definition) is 0. The smallest absolute Gasteiger partial charge is 0.268 e. The maximum atomic E-state index is 12.6. The summed E-state index contributed by atoms with van der Waals surface area (Å²) in [6.07, 6.45) is 5.34. The minimum Gasteiger partial charge on any atom is -0.268 e. The lowest BCUT2D eigenvalue weighted by Crippen LogP contribution is -2.21. The Hall–Kier alpha value is -3.40. The first-order chi connectivity index (χ1) is 11.8. The van der Waals surface area contributed by atoms with Gasteiger partial charge in [0.15, 0.2) is 0 Å². The quantitative estimate of drug-likeness (QED) is 0.579. The van der Waals surface area contributed by atoms with Crippen molar-refractivity contribution in [1.29, 1.82) is 0 Å². The van der Waals surface area contributed by atoms with E-state index in [-0.39, 0.29) is 5.69 Å². The molecule has 4 rings (SSSR count). The van der Waals surface area contributed by atoms with Gasteiger partial charge in [-0.1, -0.05) is 36.4 Å². The Kier molecular flexibility index (Phi) is 3.56. The van der Waals surface area contributed by atoms with E-state index in [1.54, 1.807) is 27.7 Å². The standard InChI is InChI=1S/C20H15N3O/c24-20-22(17-6-2-1-3-7-17)14-15-23(20)18-11-9-16(10-12-18)19-8-4-5-13-21-19/h1-15H. The molecule has 0 unspecified atom stereocenters. The number of aromatic nitrogens is 3. The zero-order valence-corrected chi connectivity index (χ0v) is 12.9. The Labute approximate surface area is 139 Å². The summed E-state index contributed by atoms with van der Waals surface area (Å²) >= 11 is 0. The fraction of sp³-hybridized carbons (Fsp3) is 0. The van der Waals surface area contributed by atoms with Gasteiger partial charge < -0.3 is 0 Å². The van der Waals surface area contributed by atoms with Gasteiger partial charge >= 0.3 is 5.69 Å². The van der Waals surface area contributed by atoms with E-state index in [0.29, 0.717) is 0 Å². The molecule has 0 aliphatic rings. The largest absolute Gasteiger partial charge is 0.337 e. The fourth-order valence-electron chi connectivity index (χ4n) is 2.68. The Morgan fingerprint density at radius 1 is 0.667 bits per heavy atom. The van der Waals surface area contributed by atoms with Crippen LogP contribution in [-0.2, 0) is 0 Å². The molecular formula is C20H15N3O. The number of hydrogen-bond acceptors (Lipinski definition) is 2. The highest BCUT2D eigenvalue weighted by Gasteiger charge is 2.07. The van der Waals surface area contributed by atoms with E-state index in [4.69, 9.17) is 0 Å². The maximum Gasteiger partial charge on any atom is 0.337 e. The number of pyridine rings is 1. The van der Waals surface area contributed by atoms with Crippen molar-refractivity contribution in [2.75, 3.05) is 0 Å². The van der Waals surface area contributed by atoms with Crippen molar-refractivity contribution in [1.82, 2.24) is 14.1 Å². The number of imidazole rings is 1. The third-order valence-electron chi connectivity index (χ3n) is 3.92. The normalized spacial score (nSPS) is 10.7. The van der Waals surface area contributed by atoms with Gasteiger partial charge in [0.05, 0.1) is 17.1 Å². The van der Waals surface area contributed by atoms with E-state index in [1.165, 1.54) is 0 Å². The van der Waals surface area contributed by atoms with Crippen molar-refractivity contribution < 1.29 is 0 Å². The summed E-state index contributed by atoms with van der Waals surface area (Å²) in [7, 11) is 0. The molecule has 2 heterocycles. The third kappa shape index (κ3) is 2.54. The van der Waals surface area contributed by atoms with E-state index in [0.717, 1.165) is 22.6 Å². The molecule has 0 bridgehead atoms. The lowest BCUT2D eigenvalue weighted by molar-refractivity contribution is 0.909. The van der Waals surface area contributed by atoms with E-state index >= 15 is 0 Å². The van der Waals surface area contributed by atoms with Crippen LogP contribution in [0.5, 0.6) is 0 Å². The van der Waals surface area contributed by atoms with E-state index < -0.39 is 0 Å². The van der Waals surface area contributed by atoms with Crippen LogP contribution in [0, 0.1) is 0 Å². The van der Waals surface area contributed by atoms with Crippen LogP contribution in [0.25, 0.3) is 22.6 Å². The van der Waals surface area contributed by atoms with Crippen molar-refractivity contribution in [3.8, 4) is 22.6 Å². The average Bonchev–Trinajstić information content (AvgIpc) is 3.05. The van der Waals surface area contributed by atoms with Crippen LogP contribution in [0.4, 0.5) is 0 Å². The van der Waals surface area contributed by atoms with Gasteiger partial charge in [-0.15, -0.1) is 0 Å². The maximum absolute atomic E-state index is 12.6. The summed E-state index contributed by atoms with van der Waals surface area (Å²) in [5.74, 6) is 0. The van der Waals surface area contributed by atoms with Crippen molar-refractivity contribution in [3.05, 3.63) is 102 Å². The summed E-state index contributed by atoms with van der Waals surface area (Å²) in [6, 6.07) is 23.2. The van der Waals surface area contributed by atoms with Crippen LogP contribution in [0.3, 0.4) is 0 Å². The summed E-state index contributed by atoms with van der Waals surface area (Å²) in [6.45, 7) is 0. The van der Waals surface area contributed by atoms with Gasteiger partial charge in [0.25, 0.3) is 0 Å². The van der Waals surface area contributed by atoms with Crippen LogP contribution in [0.2, 0.25) is 0 Å². The predicted octanol–water partition coefficient (Wildman–Crippen LogP) is 3.69. The second-order valence-electron chi connectivity index (χ2n) is 5.42. The van der Waals surface area contributed by atoms with Crippen LogP contribution in [-0.4, -0.2) is 14.1 Å². The van der Waals surface area contributed by atoms with Gasteiger partial charge in [-0.25, -0.2) is 4.79 Å². The monoisotopic (exact) mass is 313 g/mol. The molecule has 0 aliphatic heterocycles. The third-order valence-corrected chi connectivity index (χ3v) is 3.92. The van der Waals surface area contributed by atoms with Gasteiger partial charge in [-0.2, -0.15) is 0 Å². The minimum absolute atomic E-state index is 0.0909. The number of nitrogens with zero attached hydrogens (tertiary/aromatic N) is 3. The molecule has 0 spiro atoms. The molecule has 0 radical (unpaired) electrons. The Balaban J connectivity index is 1.70. The van der Waals surface area contributed by atoms with E-state index in [9.17, 15) is 4.79 Å². The van der Waals surface area contributed by atoms with Crippen LogP contribution in [0.1, 0.15) is 0 Å². The van der Waals surface area contributed by atoms with Gasteiger partial charge in [-0.3, -0.25) is 14.1 Å². The van der Waals surface area contributed by atoms with Gasteiger partial charge in [0, 0.05) is 24.2 Å². The SMILES string of the molecule is O=c1n(-c2ccccc2)ccn1-c1ccc(-c2ccccn2)cc1. The second-order valence-corrected chi connectivity index (χ2v) is 5.42. The molecule has 24 heavy (non-hydrogen) atoms. The lowest BCUT2D eigenvalue weighted by atomic mass is 10.1. The highest BCUT2D eigenvalue weighted by molar-refractivity contribution is 5.60. The van der Waals surface area contributed by atoms with E-state index in [1.807, 2.05) is 72.8 Å². The van der Waals surface area contributed by atoms with E-state index in [2.05, 4.69) is 4.98 Å². The molecule has 4 aromatic rings. The highest BCUT2D eigenvalue weighted by Crippen LogP contribution is 2.18. The number of para-hydroxylation sites is 1. The molecule has 4 heteroatoms. The molecule has 0 fully saturated rings. The topological polar surface area (TPSA) is 39.8 Å². The average molecular weight is 313 g/mol. The zero-order chi connectivity index (χ0) is 16.4. The second kappa shape index (κ2) is 6.01. The first kappa shape index (κ1) is 14.2. The molecule has 0 saturated heterocycles. The molecule has 2 aromatic carbocycles. The Morgan fingerprint density at radius 3 is 1.92 bits per heavy atom. The molecule has 0 amide bonds. The first-order valence-electron chi connectivity index (χ1n) is 7.70. The lowest BCUT2D eigenvalue weighted by Gasteiger charge is -2.05. The predicted molar refractivity (Wildman–Crippen MR) is 94.6 cm³/mol. The summed E-state index contributed by atoms with van der Waals surface area (Å²) in [4.78, 5) is 17.0. The fourth-order valence-corrected chi connectivity index (χ4v) is 2.68. The molecular weight excluding hydrogens is 298 g/mol. The number of rotatable bonds is 3. The molecule has 0 N–H and O–H groups in total. The molecule has 116 valence electrons. The van der Waals surface area contributed by atoms with Crippen LogP contribution < -0.4 is 5.69 Å². The van der Waals surface area contributed by atoms with Gasteiger partial charge in [-0.05, 0) is 36.4 Å². The Bertz CT molecular complexity index is 1000. The van der Waals surface area contributed by atoms with Crippen molar-refractivity contribution >= 4 is 0 Å². The van der Waals surface area contributed by atoms with Crippen molar-refractivity contribution in [2.45, 2.75) is 0 Å². The van der Waals surface area contributed by atoms with Crippen LogP contribution in [0.15, 0.2) is 96.2 Å². The highest BCUT2D eigenvalue weighted by atomic mass is 16.1. The van der Waals surface area contributed by atoms with Crippen molar-refractivity contribution in [2.24, 2.45) is 0 Å². The molecule has 0 aliphatic carbocycles. The molecule has 0 saturated carbocycles. The molecule has 4 nitrogen and oxygen atoms in total. The molecule has 0 atom stereocenters. The first-order valence-corrected chi connectivity index (χ1v) is 7.70. The summed E-state index contributed by atoms with van der Waals surface area (Å²) in [5.41, 5.74) is 3.53. The zero-order valence-electron chi connectivity index (χ0n) is 12.9. The number of benzene rings is 2. The van der Waals surface area contributed by atoms with Gasteiger partial charge in [0.2, 0.25) is 0 Å². The van der Waals surface area contributed by atoms with Crippen LogP contribution >= 0.6 is 0 Å². The minimum atomic E-state index is -0.0909. The molecule has 2 aromatic heterocycles. The van der Waals surface area contributed by atoms with Crippen molar-refractivity contribution in [3.63, 3.8) is 0 Å².